The molecule has 1 rings (SSSR count). The summed E-state index contributed by atoms with van der Waals surface area (Å²) in [6.07, 6.45) is -5.04. The highest BCUT2D eigenvalue weighted by Crippen LogP contribution is 2.19. The Morgan fingerprint density at radius 1 is 1.33 bits per heavy atom. The number of alkyl halides is 3. The number of hydrogen-bond acceptors (Lipinski definition) is 2. The Bertz CT molecular complexity index is 366. The second-order valence-electron chi connectivity index (χ2n) is 2.98. The summed E-state index contributed by atoms with van der Waals surface area (Å²) in [5.74, 6) is 0. The van der Waals surface area contributed by atoms with E-state index in [1.54, 1.807) is 18.2 Å². The molecule has 0 saturated heterocycles. The molecule has 0 aromatic heterocycles. The maximum Gasteiger partial charge on any atom is 0.390 e. The van der Waals surface area contributed by atoms with Gasteiger partial charge in [0.25, 0.3) is 0 Å². The summed E-state index contributed by atoms with van der Waals surface area (Å²) in [5.41, 5.74) is 0.949. The summed E-state index contributed by atoms with van der Waals surface area (Å²) < 4.78 is 35.4. The normalized spacial score (nSPS) is 10.8. The lowest BCUT2D eigenvalue weighted by molar-refractivity contribution is -0.131. The maximum absolute atomic E-state index is 11.8. The van der Waals surface area contributed by atoms with E-state index in [1.165, 1.54) is 6.07 Å². The predicted molar refractivity (Wildman–Crippen MR) is 50.3 cm³/mol. The van der Waals surface area contributed by atoms with Crippen molar-refractivity contribution in [2.75, 3.05) is 11.9 Å². The van der Waals surface area contributed by atoms with Gasteiger partial charge in [-0.25, -0.2) is 0 Å². The first kappa shape index (κ1) is 11.4. The molecule has 0 unspecified atom stereocenters. The highest BCUT2D eigenvalue weighted by atomic mass is 19.4. The summed E-state index contributed by atoms with van der Waals surface area (Å²) in [5, 5.41) is 11.2. The minimum Gasteiger partial charge on any atom is -0.385 e. The minimum absolute atomic E-state index is 0.182. The van der Waals surface area contributed by atoms with Crippen LogP contribution in [0, 0.1) is 11.3 Å². The number of nitrogens with zero attached hydrogens (tertiary/aromatic N) is 1. The van der Waals surface area contributed by atoms with Crippen molar-refractivity contribution < 1.29 is 13.2 Å². The molecule has 0 aliphatic rings. The topological polar surface area (TPSA) is 35.8 Å². The summed E-state index contributed by atoms with van der Waals surface area (Å²) in [4.78, 5) is 0. The number of nitrogens with one attached hydrogen (secondary N) is 1. The highest BCUT2D eigenvalue weighted by molar-refractivity contribution is 5.48. The van der Waals surface area contributed by atoms with E-state index >= 15 is 0 Å². The molecule has 0 spiro atoms. The molecule has 2 nitrogen and oxygen atoms in total. The Morgan fingerprint density at radius 3 is 2.67 bits per heavy atom. The van der Waals surface area contributed by atoms with E-state index in [1.807, 2.05) is 6.07 Å². The molecule has 15 heavy (non-hydrogen) atoms. The van der Waals surface area contributed by atoms with E-state index in [-0.39, 0.29) is 6.54 Å². The van der Waals surface area contributed by atoms with Crippen molar-refractivity contribution in [1.29, 1.82) is 5.26 Å². The summed E-state index contributed by atoms with van der Waals surface area (Å²) >= 11 is 0. The number of rotatable bonds is 3. The molecule has 0 fully saturated rings. The fourth-order valence-electron chi connectivity index (χ4n) is 1.05. The Morgan fingerprint density at radius 2 is 2.07 bits per heavy atom. The van der Waals surface area contributed by atoms with Gasteiger partial charge in [0.15, 0.2) is 0 Å². The van der Waals surface area contributed by atoms with Crippen LogP contribution in [-0.2, 0) is 0 Å². The number of nitriles is 1. The van der Waals surface area contributed by atoms with E-state index in [0.717, 1.165) is 0 Å². The van der Waals surface area contributed by atoms with Crippen LogP contribution in [0.3, 0.4) is 0 Å². The van der Waals surface area contributed by atoms with Crippen molar-refractivity contribution in [3.05, 3.63) is 29.8 Å². The SMILES string of the molecule is N#Cc1cccc(NCCC(F)(F)F)c1. The molecule has 1 N–H and O–H groups in total. The minimum atomic E-state index is -4.15. The highest BCUT2D eigenvalue weighted by Gasteiger charge is 2.25. The Hall–Kier alpha value is -1.70. The predicted octanol–water partition coefficient (Wildman–Crippen LogP) is 2.92. The smallest absolute Gasteiger partial charge is 0.385 e. The van der Waals surface area contributed by atoms with Crippen LogP contribution in [0.15, 0.2) is 24.3 Å². The average molecular weight is 214 g/mol. The van der Waals surface area contributed by atoms with Crippen molar-refractivity contribution in [1.82, 2.24) is 0 Å². The van der Waals surface area contributed by atoms with Crippen molar-refractivity contribution in [2.24, 2.45) is 0 Å². The Kier molecular flexibility index (Phi) is 3.56. The van der Waals surface area contributed by atoms with Crippen molar-refractivity contribution >= 4 is 5.69 Å². The van der Waals surface area contributed by atoms with Crippen LogP contribution < -0.4 is 5.32 Å². The first-order valence-corrected chi connectivity index (χ1v) is 4.32. The molecule has 0 aliphatic heterocycles. The third-order valence-corrected chi connectivity index (χ3v) is 1.73. The maximum atomic E-state index is 11.8. The van der Waals surface area contributed by atoms with Gasteiger partial charge < -0.3 is 5.32 Å². The van der Waals surface area contributed by atoms with Crippen molar-refractivity contribution in [3.63, 3.8) is 0 Å². The largest absolute Gasteiger partial charge is 0.390 e. The quantitative estimate of drug-likeness (QED) is 0.839. The summed E-state index contributed by atoms with van der Waals surface area (Å²) in [6.45, 7) is -0.182. The lowest BCUT2D eigenvalue weighted by Gasteiger charge is -2.08. The van der Waals surface area contributed by atoms with E-state index in [0.29, 0.717) is 11.3 Å². The van der Waals surface area contributed by atoms with Gasteiger partial charge in [-0.15, -0.1) is 0 Å². The number of hydrogen-bond donors (Lipinski definition) is 1. The first-order valence-electron chi connectivity index (χ1n) is 4.32. The van der Waals surface area contributed by atoms with Crippen LogP contribution in [-0.4, -0.2) is 12.7 Å². The molecule has 80 valence electrons. The number of anilines is 1. The third kappa shape index (κ3) is 4.36. The number of halogens is 3. The molecule has 0 bridgehead atoms. The molecular formula is C10H9F3N2. The van der Waals surface area contributed by atoms with Crippen LogP contribution in [0.2, 0.25) is 0 Å². The van der Waals surface area contributed by atoms with Gasteiger partial charge in [-0.05, 0) is 18.2 Å². The van der Waals surface area contributed by atoms with Gasteiger partial charge in [0.2, 0.25) is 0 Å². The van der Waals surface area contributed by atoms with E-state index in [4.69, 9.17) is 5.26 Å². The zero-order valence-electron chi connectivity index (χ0n) is 7.80. The van der Waals surface area contributed by atoms with Gasteiger partial charge in [-0.3, -0.25) is 0 Å². The van der Waals surface area contributed by atoms with Crippen LogP contribution in [0.5, 0.6) is 0 Å². The second-order valence-corrected chi connectivity index (χ2v) is 2.98. The van der Waals surface area contributed by atoms with E-state index in [9.17, 15) is 13.2 Å². The van der Waals surface area contributed by atoms with Gasteiger partial charge in [0, 0.05) is 12.2 Å². The molecule has 0 amide bonds. The Balaban J connectivity index is 2.48. The molecule has 0 atom stereocenters. The molecule has 5 heteroatoms. The van der Waals surface area contributed by atoms with Gasteiger partial charge >= 0.3 is 6.18 Å². The molecule has 1 aromatic carbocycles. The number of benzene rings is 1. The molecule has 0 radical (unpaired) electrons. The van der Waals surface area contributed by atoms with Crippen LogP contribution in [0.1, 0.15) is 12.0 Å². The van der Waals surface area contributed by atoms with Gasteiger partial charge in [0.05, 0.1) is 18.1 Å². The van der Waals surface area contributed by atoms with Crippen LogP contribution >= 0.6 is 0 Å². The molecular weight excluding hydrogens is 205 g/mol. The zero-order valence-corrected chi connectivity index (χ0v) is 7.80. The van der Waals surface area contributed by atoms with Gasteiger partial charge in [0.1, 0.15) is 0 Å². The summed E-state index contributed by atoms with van der Waals surface area (Å²) in [7, 11) is 0. The van der Waals surface area contributed by atoms with Crippen LogP contribution in [0.4, 0.5) is 18.9 Å². The standard InChI is InChI=1S/C10H9F3N2/c11-10(12,13)4-5-15-9-3-1-2-8(6-9)7-14/h1-3,6,15H,4-5H2. The van der Waals surface area contributed by atoms with E-state index < -0.39 is 12.6 Å². The van der Waals surface area contributed by atoms with E-state index in [2.05, 4.69) is 5.32 Å². The molecule has 0 heterocycles. The van der Waals surface area contributed by atoms with Crippen molar-refractivity contribution in [3.8, 4) is 6.07 Å². The lowest BCUT2D eigenvalue weighted by Crippen LogP contribution is -2.14. The third-order valence-electron chi connectivity index (χ3n) is 1.73. The van der Waals surface area contributed by atoms with Gasteiger partial charge in [-0.2, -0.15) is 18.4 Å². The molecule has 1 aromatic rings. The van der Waals surface area contributed by atoms with Gasteiger partial charge in [-0.1, -0.05) is 6.07 Å². The monoisotopic (exact) mass is 214 g/mol. The fourth-order valence-corrected chi connectivity index (χ4v) is 1.05. The first-order chi connectivity index (χ1) is 7.01. The summed E-state index contributed by atoms with van der Waals surface area (Å²) in [6, 6.07) is 8.26. The Labute approximate surface area is 85.3 Å². The lowest BCUT2D eigenvalue weighted by atomic mass is 10.2. The zero-order chi connectivity index (χ0) is 11.3. The average Bonchev–Trinajstić information content (AvgIpc) is 2.16. The molecule has 0 saturated carbocycles. The van der Waals surface area contributed by atoms with Crippen LogP contribution in [0.25, 0.3) is 0 Å². The fraction of sp³-hybridized carbons (Fsp3) is 0.300. The second kappa shape index (κ2) is 4.69. The van der Waals surface area contributed by atoms with Crippen molar-refractivity contribution in [2.45, 2.75) is 12.6 Å². The molecule has 0 aliphatic carbocycles.